The lowest BCUT2D eigenvalue weighted by molar-refractivity contribution is -0.385. The Bertz CT molecular complexity index is 328. The molecule has 0 amide bonds. The molecule has 1 aromatic rings. The second-order valence-corrected chi connectivity index (χ2v) is 3.31. The minimum absolute atomic E-state index is 0.158. The van der Waals surface area contributed by atoms with Crippen LogP contribution in [0.15, 0.2) is 18.2 Å². The van der Waals surface area contributed by atoms with Gasteiger partial charge in [-0.3, -0.25) is 15.3 Å². The monoisotopic (exact) mass is 198 g/mol. The maximum atomic E-state index is 10.5. The topological polar surface area (TPSA) is 69.2 Å². The van der Waals surface area contributed by atoms with Crippen molar-refractivity contribution in [3.63, 3.8) is 0 Å². The smallest absolute Gasteiger partial charge is 0.272 e. The Morgan fingerprint density at radius 1 is 1.62 bits per heavy atom. The molecule has 0 atom stereocenters. The Morgan fingerprint density at radius 3 is 2.77 bits per heavy atom. The zero-order chi connectivity index (χ0) is 9.84. The highest BCUT2D eigenvalue weighted by atomic mass is 32.2. The van der Waals surface area contributed by atoms with Crippen LogP contribution in [0, 0.1) is 17.0 Å². The number of nitrogens with two attached hydrogens (primary N) is 1. The number of hydrogen-bond donors (Lipinski definition) is 1. The third-order valence-corrected chi connectivity index (χ3v) is 2.21. The molecular weight excluding hydrogens is 188 g/mol. The van der Waals surface area contributed by atoms with Gasteiger partial charge in [-0.1, -0.05) is 18.0 Å². The molecule has 0 saturated heterocycles. The van der Waals surface area contributed by atoms with Crippen LogP contribution in [0.5, 0.6) is 0 Å². The SMILES string of the molecule is Cc1cc(CSN)ccc1[N+](=O)[O-]. The van der Waals surface area contributed by atoms with Crippen LogP contribution in [-0.4, -0.2) is 4.92 Å². The second kappa shape index (κ2) is 4.25. The Morgan fingerprint density at radius 2 is 2.31 bits per heavy atom. The van der Waals surface area contributed by atoms with Crippen LogP contribution in [0.2, 0.25) is 0 Å². The fourth-order valence-corrected chi connectivity index (χ4v) is 1.48. The van der Waals surface area contributed by atoms with Crippen molar-refractivity contribution in [2.75, 3.05) is 0 Å². The molecule has 0 heterocycles. The molecule has 1 aromatic carbocycles. The van der Waals surface area contributed by atoms with Crippen molar-refractivity contribution in [3.8, 4) is 0 Å². The van der Waals surface area contributed by atoms with Crippen LogP contribution in [-0.2, 0) is 5.75 Å². The molecule has 5 heteroatoms. The van der Waals surface area contributed by atoms with Crippen LogP contribution in [0.1, 0.15) is 11.1 Å². The van der Waals surface area contributed by atoms with E-state index in [1.54, 1.807) is 19.1 Å². The van der Waals surface area contributed by atoms with E-state index in [4.69, 9.17) is 5.14 Å². The number of hydrogen-bond acceptors (Lipinski definition) is 4. The van der Waals surface area contributed by atoms with E-state index in [0.29, 0.717) is 11.3 Å². The van der Waals surface area contributed by atoms with Gasteiger partial charge >= 0.3 is 0 Å². The van der Waals surface area contributed by atoms with E-state index < -0.39 is 0 Å². The number of nitro benzene ring substituents is 1. The highest BCUT2D eigenvalue weighted by molar-refractivity contribution is 7.96. The van der Waals surface area contributed by atoms with Gasteiger partial charge in [0.2, 0.25) is 0 Å². The average molecular weight is 198 g/mol. The van der Waals surface area contributed by atoms with Gasteiger partial charge in [-0.2, -0.15) is 0 Å². The lowest BCUT2D eigenvalue weighted by atomic mass is 10.1. The first-order chi connectivity index (χ1) is 6.15. The van der Waals surface area contributed by atoms with E-state index in [-0.39, 0.29) is 10.6 Å². The van der Waals surface area contributed by atoms with Gasteiger partial charge in [-0.05, 0) is 18.6 Å². The van der Waals surface area contributed by atoms with Gasteiger partial charge in [-0.25, -0.2) is 0 Å². The van der Waals surface area contributed by atoms with Crippen LogP contribution in [0.3, 0.4) is 0 Å². The van der Waals surface area contributed by atoms with E-state index in [9.17, 15) is 10.1 Å². The summed E-state index contributed by atoms with van der Waals surface area (Å²) in [7, 11) is 0. The highest BCUT2D eigenvalue weighted by Crippen LogP contribution is 2.20. The number of aryl methyl sites for hydroxylation is 1. The quantitative estimate of drug-likeness (QED) is 0.458. The Balaban J connectivity index is 2.98. The van der Waals surface area contributed by atoms with Crippen molar-refractivity contribution >= 4 is 17.6 Å². The van der Waals surface area contributed by atoms with E-state index >= 15 is 0 Å². The summed E-state index contributed by atoms with van der Waals surface area (Å²) < 4.78 is 0. The predicted molar refractivity (Wildman–Crippen MR) is 53.3 cm³/mol. The van der Waals surface area contributed by atoms with Crippen molar-refractivity contribution < 1.29 is 4.92 Å². The molecule has 70 valence electrons. The van der Waals surface area contributed by atoms with E-state index in [2.05, 4.69) is 0 Å². The molecule has 1 rings (SSSR count). The van der Waals surface area contributed by atoms with Crippen LogP contribution >= 0.6 is 11.9 Å². The van der Waals surface area contributed by atoms with Crippen molar-refractivity contribution in [2.45, 2.75) is 12.7 Å². The zero-order valence-electron chi connectivity index (χ0n) is 7.19. The van der Waals surface area contributed by atoms with Gasteiger partial charge in [-0.15, -0.1) is 0 Å². The largest absolute Gasteiger partial charge is 0.278 e. The minimum atomic E-state index is -0.380. The van der Waals surface area contributed by atoms with Crippen LogP contribution in [0.25, 0.3) is 0 Å². The lowest BCUT2D eigenvalue weighted by Crippen LogP contribution is -1.93. The van der Waals surface area contributed by atoms with Gasteiger partial charge in [0.15, 0.2) is 0 Å². The number of nitro groups is 1. The van der Waals surface area contributed by atoms with Crippen molar-refractivity contribution in [2.24, 2.45) is 5.14 Å². The normalized spacial score (nSPS) is 10.0. The average Bonchev–Trinajstić information content (AvgIpc) is 2.04. The molecule has 0 spiro atoms. The summed E-state index contributed by atoms with van der Waals surface area (Å²) in [6, 6.07) is 5.03. The fraction of sp³-hybridized carbons (Fsp3) is 0.250. The molecule has 0 radical (unpaired) electrons. The fourth-order valence-electron chi connectivity index (χ4n) is 1.11. The summed E-state index contributed by atoms with van der Waals surface area (Å²) >= 11 is 1.21. The summed E-state index contributed by atoms with van der Waals surface area (Å²) in [6.07, 6.45) is 0. The summed E-state index contributed by atoms with van der Waals surface area (Å²) in [5, 5.41) is 15.8. The maximum Gasteiger partial charge on any atom is 0.272 e. The van der Waals surface area contributed by atoms with E-state index in [0.717, 1.165) is 5.56 Å². The van der Waals surface area contributed by atoms with Gasteiger partial charge in [0.25, 0.3) is 5.69 Å². The molecular formula is C8H10N2O2S. The number of rotatable bonds is 3. The summed E-state index contributed by atoms with van der Waals surface area (Å²) in [4.78, 5) is 10.1. The summed E-state index contributed by atoms with van der Waals surface area (Å²) in [5.41, 5.74) is 1.85. The van der Waals surface area contributed by atoms with Crippen LogP contribution < -0.4 is 5.14 Å². The summed E-state index contributed by atoms with van der Waals surface area (Å²) in [6.45, 7) is 1.73. The first-order valence-corrected chi connectivity index (χ1v) is 4.75. The lowest BCUT2D eigenvalue weighted by Gasteiger charge is -2.00. The van der Waals surface area contributed by atoms with Gasteiger partial charge in [0, 0.05) is 17.4 Å². The third kappa shape index (κ3) is 2.43. The van der Waals surface area contributed by atoms with E-state index in [1.165, 1.54) is 18.0 Å². The Kier molecular flexibility index (Phi) is 3.27. The second-order valence-electron chi connectivity index (χ2n) is 2.69. The third-order valence-electron chi connectivity index (χ3n) is 1.71. The predicted octanol–water partition coefficient (Wildman–Crippen LogP) is 2.01. The highest BCUT2D eigenvalue weighted by Gasteiger charge is 2.09. The first-order valence-electron chi connectivity index (χ1n) is 3.70. The molecule has 4 nitrogen and oxygen atoms in total. The molecule has 0 saturated carbocycles. The molecule has 0 aromatic heterocycles. The molecule has 0 aliphatic carbocycles. The summed E-state index contributed by atoms with van der Waals surface area (Å²) in [5.74, 6) is 0.679. The van der Waals surface area contributed by atoms with Gasteiger partial charge in [0.1, 0.15) is 0 Å². The molecule has 0 fully saturated rings. The number of benzene rings is 1. The molecule has 2 N–H and O–H groups in total. The van der Waals surface area contributed by atoms with Crippen molar-refractivity contribution in [1.82, 2.24) is 0 Å². The first kappa shape index (κ1) is 10.0. The molecule has 13 heavy (non-hydrogen) atoms. The zero-order valence-corrected chi connectivity index (χ0v) is 8.00. The molecule has 0 unspecified atom stereocenters. The standard InChI is InChI=1S/C8H10N2O2S/c1-6-4-7(5-13-9)2-3-8(6)10(11)12/h2-4H,5,9H2,1H3. The van der Waals surface area contributed by atoms with E-state index in [1.807, 2.05) is 0 Å². The van der Waals surface area contributed by atoms with Gasteiger partial charge < -0.3 is 0 Å². The maximum absolute atomic E-state index is 10.5. The Labute approximate surface area is 80.4 Å². The van der Waals surface area contributed by atoms with Crippen molar-refractivity contribution in [1.29, 1.82) is 0 Å². The molecule has 0 bridgehead atoms. The van der Waals surface area contributed by atoms with Crippen molar-refractivity contribution in [3.05, 3.63) is 39.4 Å². The Hall–Kier alpha value is -1.07. The number of nitrogens with zero attached hydrogens (tertiary/aromatic N) is 1. The minimum Gasteiger partial charge on any atom is -0.278 e. The van der Waals surface area contributed by atoms with Gasteiger partial charge in [0.05, 0.1) is 4.92 Å². The molecule has 0 aliphatic heterocycles. The van der Waals surface area contributed by atoms with Crippen LogP contribution in [0.4, 0.5) is 5.69 Å². The molecule has 0 aliphatic rings.